The van der Waals surface area contributed by atoms with E-state index < -0.39 is 0 Å². The largest absolute Gasteiger partial charge is 0.487 e. The molecule has 5 nitrogen and oxygen atoms in total. The molecule has 2 heterocycles. The number of benzene rings is 1. The van der Waals surface area contributed by atoms with Crippen LogP contribution < -0.4 is 10.5 Å². The van der Waals surface area contributed by atoms with E-state index in [0.717, 1.165) is 11.1 Å². The lowest BCUT2D eigenvalue weighted by Crippen LogP contribution is -1.98. The van der Waals surface area contributed by atoms with Crippen molar-refractivity contribution in [1.82, 2.24) is 15.0 Å². The van der Waals surface area contributed by atoms with Crippen molar-refractivity contribution in [2.45, 2.75) is 6.61 Å². The van der Waals surface area contributed by atoms with E-state index in [1.54, 1.807) is 36.9 Å². The predicted molar refractivity (Wildman–Crippen MR) is 85.4 cm³/mol. The summed E-state index contributed by atoms with van der Waals surface area (Å²) in [6, 6.07) is 5.98. The van der Waals surface area contributed by atoms with Crippen LogP contribution in [0.25, 0.3) is 11.1 Å². The third-order valence-electron chi connectivity index (χ3n) is 3.13. The maximum absolute atomic E-state index is 13.0. The molecule has 0 unspecified atom stereocenters. The first kappa shape index (κ1) is 15.2. The summed E-state index contributed by atoms with van der Waals surface area (Å²) >= 11 is 5.97. The summed E-state index contributed by atoms with van der Waals surface area (Å²) in [7, 11) is 0. The normalized spacial score (nSPS) is 10.5. The molecule has 0 aliphatic carbocycles. The van der Waals surface area contributed by atoms with Crippen LogP contribution in [0.3, 0.4) is 0 Å². The van der Waals surface area contributed by atoms with Gasteiger partial charge in [0.1, 0.15) is 18.2 Å². The molecule has 0 aliphatic rings. The van der Waals surface area contributed by atoms with Crippen LogP contribution in [0.4, 0.5) is 10.3 Å². The second-order valence-corrected chi connectivity index (χ2v) is 5.17. The Hall–Kier alpha value is -2.73. The molecule has 23 heavy (non-hydrogen) atoms. The fraction of sp³-hybridized carbons (Fsp3) is 0.0625. The Balaban J connectivity index is 1.76. The molecule has 0 atom stereocenters. The van der Waals surface area contributed by atoms with Gasteiger partial charge < -0.3 is 10.5 Å². The van der Waals surface area contributed by atoms with E-state index in [0.29, 0.717) is 16.3 Å². The van der Waals surface area contributed by atoms with Crippen molar-refractivity contribution in [3.8, 4) is 16.9 Å². The van der Waals surface area contributed by atoms with Gasteiger partial charge in [-0.15, -0.1) is 0 Å². The monoisotopic (exact) mass is 330 g/mol. The van der Waals surface area contributed by atoms with E-state index in [1.807, 2.05) is 0 Å². The van der Waals surface area contributed by atoms with Crippen LogP contribution in [-0.4, -0.2) is 15.0 Å². The number of hydrogen-bond donors (Lipinski definition) is 1. The van der Waals surface area contributed by atoms with E-state index in [1.165, 1.54) is 12.1 Å². The Morgan fingerprint density at radius 3 is 2.57 bits per heavy atom. The van der Waals surface area contributed by atoms with Gasteiger partial charge >= 0.3 is 0 Å². The van der Waals surface area contributed by atoms with Gasteiger partial charge in [-0.25, -0.2) is 14.4 Å². The number of nitrogens with zero attached hydrogens (tertiary/aromatic N) is 3. The van der Waals surface area contributed by atoms with Crippen LogP contribution in [0, 0.1) is 5.82 Å². The highest BCUT2D eigenvalue weighted by Crippen LogP contribution is 2.23. The lowest BCUT2D eigenvalue weighted by molar-refractivity contribution is 0.305. The lowest BCUT2D eigenvalue weighted by Gasteiger charge is -2.09. The first-order valence-electron chi connectivity index (χ1n) is 6.71. The van der Waals surface area contributed by atoms with E-state index >= 15 is 0 Å². The average Bonchev–Trinajstić information content (AvgIpc) is 2.55. The van der Waals surface area contributed by atoms with Crippen molar-refractivity contribution in [1.29, 1.82) is 0 Å². The molecule has 0 spiro atoms. The highest BCUT2D eigenvalue weighted by molar-refractivity contribution is 6.31. The number of anilines is 1. The van der Waals surface area contributed by atoms with E-state index in [-0.39, 0.29) is 18.4 Å². The molecule has 2 aromatic heterocycles. The molecular formula is C16H12ClFN4O. The molecule has 0 bridgehead atoms. The summed E-state index contributed by atoms with van der Waals surface area (Å²) in [5.41, 5.74) is 7.73. The molecule has 0 aliphatic heterocycles. The zero-order valence-corrected chi connectivity index (χ0v) is 12.7. The first-order chi connectivity index (χ1) is 11.1. The van der Waals surface area contributed by atoms with Gasteiger partial charge in [0, 0.05) is 35.3 Å². The predicted octanol–water partition coefficient (Wildman–Crippen LogP) is 3.49. The zero-order valence-electron chi connectivity index (χ0n) is 11.9. The minimum atomic E-state index is -0.384. The highest BCUT2D eigenvalue weighted by Gasteiger charge is 2.05. The van der Waals surface area contributed by atoms with Gasteiger partial charge in [-0.1, -0.05) is 17.7 Å². The molecule has 7 heteroatoms. The van der Waals surface area contributed by atoms with Gasteiger partial charge in [0.15, 0.2) is 0 Å². The number of nitrogen functional groups attached to an aromatic ring is 1. The van der Waals surface area contributed by atoms with Crippen molar-refractivity contribution in [3.63, 3.8) is 0 Å². The quantitative estimate of drug-likeness (QED) is 0.792. The maximum Gasteiger partial charge on any atom is 0.219 e. The zero-order chi connectivity index (χ0) is 16.2. The third-order valence-corrected chi connectivity index (χ3v) is 3.48. The summed E-state index contributed by atoms with van der Waals surface area (Å²) in [6.45, 7) is 0.211. The number of pyridine rings is 1. The molecule has 0 amide bonds. The van der Waals surface area contributed by atoms with Crippen LogP contribution in [0.1, 0.15) is 5.56 Å². The fourth-order valence-electron chi connectivity index (χ4n) is 1.94. The number of aromatic nitrogens is 3. The smallest absolute Gasteiger partial charge is 0.219 e. The molecule has 0 saturated carbocycles. The van der Waals surface area contributed by atoms with Crippen LogP contribution in [-0.2, 0) is 6.61 Å². The average molecular weight is 331 g/mol. The molecule has 3 aromatic rings. The Morgan fingerprint density at radius 2 is 1.83 bits per heavy atom. The number of rotatable bonds is 4. The van der Waals surface area contributed by atoms with Crippen LogP contribution in [0.15, 0.2) is 49.1 Å². The van der Waals surface area contributed by atoms with Crippen LogP contribution in [0.5, 0.6) is 5.75 Å². The number of halogens is 2. The number of ether oxygens (including phenoxy) is 1. The minimum absolute atomic E-state index is 0.208. The SMILES string of the molecule is Nc1ncc(-c2cncc(OCc3ccc(F)cc3Cl)c2)cn1. The number of hydrogen-bond acceptors (Lipinski definition) is 5. The Bertz CT molecular complexity index is 827. The molecule has 0 fully saturated rings. The van der Waals surface area contributed by atoms with E-state index in [9.17, 15) is 4.39 Å². The van der Waals surface area contributed by atoms with E-state index in [2.05, 4.69) is 15.0 Å². The topological polar surface area (TPSA) is 73.9 Å². The van der Waals surface area contributed by atoms with Gasteiger partial charge in [0.25, 0.3) is 0 Å². The Kier molecular flexibility index (Phi) is 4.34. The molecular weight excluding hydrogens is 319 g/mol. The van der Waals surface area contributed by atoms with Gasteiger partial charge in [0.05, 0.1) is 11.2 Å². The number of nitrogens with two attached hydrogens (primary N) is 1. The lowest BCUT2D eigenvalue weighted by atomic mass is 10.1. The van der Waals surface area contributed by atoms with Crippen molar-refractivity contribution in [2.24, 2.45) is 0 Å². The third kappa shape index (κ3) is 3.73. The van der Waals surface area contributed by atoms with Crippen molar-refractivity contribution in [3.05, 3.63) is 65.5 Å². The standard InChI is InChI=1S/C16H12ClFN4O/c17-15-4-13(18)2-1-10(15)9-23-14-3-11(5-20-8-14)12-6-21-16(19)22-7-12/h1-8H,9H2,(H2,19,21,22). The molecule has 2 N–H and O–H groups in total. The van der Waals surface area contributed by atoms with Crippen LogP contribution >= 0.6 is 11.6 Å². The molecule has 1 aromatic carbocycles. The summed E-state index contributed by atoms with van der Waals surface area (Å²) < 4.78 is 18.7. The first-order valence-corrected chi connectivity index (χ1v) is 7.09. The second-order valence-electron chi connectivity index (χ2n) is 4.76. The van der Waals surface area contributed by atoms with Crippen molar-refractivity contribution < 1.29 is 9.13 Å². The van der Waals surface area contributed by atoms with Crippen molar-refractivity contribution >= 4 is 17.5 Å². The summed E-state index contributed by atoms with van der Waals surface area (Å²) in [5.74, 6) is 0.380. The Morgan fingerprint density at radius 1 is 1.04 bits per heavy atom. The highest BCUT2D eigenvalue weighted by atomic mass is 35.5. The van der Waals surface area contributed by atoms with Crippen LogP contribution in [0.2, 0.25) is 5.02 Å². The van der Waals surface area contributed by atoms with Gasteiger partial charge in [0.2, 0.25) is 5.95 Å². The summed E-state index contributed by atoms with van der Waals surface area (Å²) in [4.78, 5) is 12.0. The molecule has 116 valence electrons. The Labute approximate surface area is 136 Å². The summed E-state index contributed by atoms with van der Waals surface area (Å²) in [5, 5.41) is 0.320. The van der Waals surface area contributed by atoms with Gasteiger partial charge in [-0.05, 0) is 18.2 Å². The summed E-state index contributed by atoms with van der Waals surface area (Å²) in [6.07, 6.45) is 6.48. The maximum atomic E-state index is 13.0. The van der Waals surface area contributed by atoms with Crippen molar-refractivity contribution in [2.75, 3.05) is 5.73 Å². The molecule has 0 saturated heterocycles. The van der Waals surface area contributed by atoms with Gasteiger partial charge in [-0.2, -0.15) is 0 Å². The van der Waals surface area contributed by atoms with E-state index in [4.69, 9.17) is 22.1 Å². The molecule has 3 rings (SSSR count). The minimum Gasteiger partial charge on any atom is -0.487 e. The fourth-order valence-corrected chi connectivity index (χ4v) is 2.16. The second kappa shape index (κ2) is 6.58. The van der Waals surface area contributed by atoms with Gasteiger partial charge in [-0.3, -0.25) is 4.98 Å². The molecule has 0 radical (unpaired) electrons.